The van der Waals surface area contributed by atoms with Gasteiger partial charge >= 0.3 is 0 Å². The molecule has 0 amide bonds. The maximum absolute atomic E-state index is 6.04. The molecule has 0 saturated heterocycles. The average Bonchev–Trinajstić information content (AvgIpc) is 2.38. The van der Waals surface area contributed by atoms with Gasteiger partial charge < -0.3 is 5.32 Å². The summed E-state index contributed by atoms with van der Waals surface area (Å²) in [6.07, 6.45) is 0. The van der Waals surface area contributed by atoms with Crippen LogP contribution in [0, 0.1) is 6.92 Å². The van der Waals surface area contributed by atoms with Crippen molar-refractivity contribution in [2.75, 3.05) is 0 Å². The molecule has 1 N–H and O–H groups in total. The van der Waals surface area contributed by atoms with Crippen LogP contribution >= 0.6 is 11.6 Å². The minimum Gasteiger partial charge on any atom is -0.304 e. The molecule has 2 atom stereocenters. The Hall–Kier alpha value is -1.31. The van der Waals surface area contributed by atoms with Crippen molar-refractivity contribution in [1.82, 2.24) is 5.32 Å². The van der Waals surface area contributed by atoms with Crippen molar-refractivity contribution in [3.05, 3.63) is 70.2 Å². The van der Waals surface area contributed by atoms with Gasteiger partial charge in [0.25, 0.3) is 0 Å². The Morgan fingerprint density at radius 1 is 0.895 bits per heavy atom. The zero-order valence-electron chi connectivity index (χ0n) is 11.7. The Kier molecular flexibility index (Phi) is 4.62. The summed E-state index contributed by atoms with van der Waals surface area (Å²) in [7, 11) is 0. The molecule has 0 aliphatic heterocycles. The van der Waals surface area contributed by atoms with Crippen molar-refractivity contribution in [2.45, 2.75) is 32.9 Å². The second-order valence-electron chi connectivity index (χ2n) is 5.08. The molecule has 0 spiro atoms. The van der Waals surface area contributed by atoms with Gasteiger partial charge in [-0.05, 0) is 44.0 Å². The van der Waals surface area contributed by atoms with Crippen molar-refractivity contribution in [2.24, 2.45) is 0 Å². The zero-order valence-corrected chi connectivity index (χ0v) is 12.4. The number of nitrogens with one attached hydrogen (secondary N) is 1. The summed E-state index contributed by atoms with van der Waals surface area (Å²) in [5, 5.41) is 4.39. The lowest BCUT2D eigenvalue weighted by molar-refractivity contribution is 0.494. The van der Waals surface area contributed by atoms with Gasteiger partial charge in [-0.2, -0.15) is 0 Å². The maximum atomic E-state index is 6.04. The summed E-state index contributed by atoms with van der Waals surface area (Å²) in [4.78, 5) is 0. The molecule has 2 rings (SSSR count). The van der Waals surface area contributed by atoms with E-state index in [1.165, 1.54) is 16.7 Å². The van der Waals surface area contributed by atoms with Crippen LogP contribution in [0.4, 0.5) is 0 Å². The smallest absolute Gasteiger partial charge is 0.0409 e. The van der Waals surface area contributed by atoms with Gasteiger partial charge in [0.2, 0.25) is 0 Å². The summed E-state index contributed by atoms with van der Waals surface area (Å²) in [5.74, 6) is 0. The summed E-state index contributed by atoms with van der Waals surface area (Å²) >= 11 is 6.04. The highest BCUT2D eigenvalue weighted by atomic mass is 35.5. The van der Waals surface area contributed by atoms with E-state index in [-0.39, 0.29) is 6.04 Å². The zero-order chi connectivity index (χ0) is 13.8. The minimum absolute atomic E-state index is 0.272. The SMILES string of the molecule is Cc1cccc(C(C)N[C@H](C)c2cccc(Cl)c2)c1. The van der Waals surface area contributed by atoms with E-state index >= 15 is 0 Å². The standard InChI is InChI=1S/C17H20ClN/c1-12-6-4-7-15(10-12)13(2)19-14(3)16-8-5-9-17(18)11-16/h4-11,13-14,19H,1-3H3/t13?,14-/m1/s1. The van der Waals surface area contributed by atoms with Crippen LogP contribution in [0.25, 0.3) is 0 Å². The molecule has 0 fully saturated rings. The number of aryl methyl sites for hydroxylation is 1. The van der Waals surface area contributed by atoms with Crippen LogP contribution in [0.5, 0.6) is 0 Å². The first-order valence-corrected chi connectivity index (χ1v) is 7.02. The fourth-order valence-corrected chi connectivity index (χ4v) is 2.48. The largest absolute Gasteiger partial charge is 0.304 e. The predicted octanol–water partition coefficient (Wildman–Crippen LogP) is 5.06. The minimum atomic E-state index is 0.272. The Balaban J connectivity index is 2.08. The Bertz CT molecular complexity index is 501. The van der Waals surface area contributed by atoms with Gasteiger partial charge in [-0.25, -0.2) is 0 Å². The Labute approximate surface area is 120 Å². The summed E-state index contributed by atoms with van der Waals surface area (Å²) in [5.41, 5.74) is 3.82. The second-order valence-corrected chi connectivity index (χ2v) is 5.52. The molecule has 0 radical (unpaired) electrons. The van der Waals surface area contributed by atoms with E-state index in [1.54, 1.807) is 0 Å². The van der Waals surface area contributed by atoms with Gasteiger partial charge in [0.1, 0.15) is 0 Å². The molecule has 2 aromatic carbocycles. The molecule has 19 heavy (non-hydrogen) atoms. The molecule has 2 aromatic rings. The van der Waals surface area contributed by atoms with Crippen molar-refractivity contribution in [3.63, 3.8) is 0 Å². The lowest BCUT2D eigenvalue weighted by atomic mass is 10.0. The maximum Gasteiger partial charge on any atom is 0.0409 e. The molecule has 1 unspecified atom stereocenters. The number of hydrogen-bond acceptors (Lipinski definition) is 1. The van der Waals surface area contributed by atoms with Gasteiger partial charge in [-0.15, -0.1) is 0 Å². The van der Waals surface area contributed by atoms with E-state index in [0.717, 1.165) is 5.02 Å². The van der Waals surface area contributed by atoms with Crippen LogP contribution in [0.2, 0.25) is 5.02 Å². The first-order valence-electron chi connectivity index (χ1n) is 6.64. The molecule has 1 nitrogen and oxygen atoms in total. The van der Waals surface area contributed by atoms with Crippen LogP contribution < -0.4 is 5.32 Å². The molecule has 0 bridgehead atoms. The second kappa shape index (κ2) is 6.23. The van der Waals surface area contributed by atoms with Gasteiger partial charge in [0.15, 0.2) is 0 Å². The quantitative estimate of drug-likeness (QED) is 0.821. The van der Waals surface area contributed by atoms with E-state index in [1.807, 2.05) is 18.2 Å². The van der Waals surface area contributed by atoms with Crippen LogP contribution in [0.15, 0.2) is 48.5 Å². The summed E-state index contributed by atoms with van der Waals surface area (Å²) in [6.45, 7) is 6.48. The van der Waals surface area contributed by atoms with Gasteiger partial charge in [0, 0.05) is 17.1 Å². The molecule has 0 saturated carbocycles. The molecule has 0 aliphatic carbocycles. The molecule has 0 heterocycles. The first kappa shape index (κ1) is 14.1. The van der Waals surface area contributed by atoms with Crippen LogP contribution in [-0.4, -0.2) is 0 Å². The van der Waals surface area contributed by atoms with E-state index < -0.39 is 0 Å². The fraction of sp³-hybridized carbons (Fsp3) is 0.294. The highest BCUT2D eigenvalue weighted by molar-refractivity contribution is 6.30. The Morgan fingerprint density at radius 2 is 1.47 bits per heavy atom. The first-order chi connectivity index (χ1) is 9.06. The molecule has 2 heteroatoms. The van der Waals surface area contributed by atoms with Crippen LogP contribution in [0.1, 0.15) is 42.6 Å². The third-order valence-corrected chi connectivity index (χ3v) is 3.63. The molecular weight excluding hydrogens is 254 g/mol. The van der Waals surface area contributed by atoms with Gasteiger partial charge in [-0.1, -0.05) is 53.6 Å². The lowest BCUT2D eigenvalue weighted by Gasteiger charge is -2.21. The van der Waals surface area contributed by atoms with E-state index in [2.05, 4.69) is 56.4 Å². The average molecular weight is 274 g/mol. The monoisotopic (exact) mass is 273 g/mol. The Morgan fingerprint density at radius 3 is 2.05 bits per heavy atom. The molecule has 0 aromatic heterocycles. The third kappa shape index (κ3) is 3.82. The highest BCUT2D eigenvalue weighted by Crippen LogP contribution is 2.22. The molecular formula is C17H20ClN. The number of rotatable bonds is 4. The van der Waals surface area contributed by atoms with E-state index in [4.69, 9.17) is 11.6 Å². The number of hydrogen-bond donors (Lipinski definition) is 1. The number of benzene rings is 2. The van der Waals surface area contributed by atoms with Crippen molar-refractivity contribution in [3.8, 4) is 0 Å². The lowest BCUT2D eigenvalue weighted by Crippen LogP contribution is -2.22. The summed E-state index contributed by atoms with van der Waals surface area (Å²) in [6, 6.07) is 17.2. The normalized spacial score (nSPS) is 14.1. The third-order valence-electron chi connectivity index (χ3n) is 3.39. The predicted molar refractivity (Wildman–Crippen MR) is 82.6 cm³/mol. The van der Waals surface area contributed by atoms with Crippen molar-refractivity contribution >= 4 is 11.6 Å². The van der Waals surface area contributed by atoms with Crippen LogP contribution in [-0.2, 0) is 0 Å². The van der Waals surface area contributed by atoms with Crippen molar-refractivity contribution < 1.29 is 0 Å². The van der Waals surface area contributed by atoms with E-state index in [0.29, 0.717) is 6.04 Å². The molecule has 0 aliphatic rings. The highest BCUT2D eigenvalue weighted by Gasteiger charge is 2.11. The van der Waals surface area contributed by atoms with Gasteiger partial charge in [-0.3, -0.25) is 0 Å². The van der Waals surface area contributed by atoms with Gasteiger partial charge in [0.05, 0.1) is 0 Å². The summed E-state index contributed by atoms with van der Waals surface area (Å²) < 4.78 is 0. The molecule has 100 valence electrons. The van der Waals surface area contributed by atoms with Crippen LogP contribution in [0.3, 0.4) is 0 Å². The topological polar surface area (TPSA) is 12.0 Å². The van der Waals surface area contributed by atoms with E-state index in [9.17, 15) is 0 Å². The number of halogens is 1. The van der Waals surface area contributed by atoms with Crippen molar-refractivity contribution in [1.29, 1.82) is 0 Å². The fourth-order valence-electron chi connectivity index (χ4n) is 2.28.